The number of rotatable bonds is 8. The van der Waals surface area contributed by atoms with E-state index in [2.05, 4.69) is 5.32 Å². The Kier molecular flexibility index (Phi) is 7.41. The predicted octanol–water partition coefficient (Wildman–Crippen LogP) is 4.17. The number of piperidine rings is 1. The molecule has 2 unspecified atom stereocenters. The summed E-state index contributed by atoms with van der Waals surface area (Å²) in [6, 6.07) is 15.6. The molecule has 0 aromatic heterocycles. The standard InChI is InChI=1S/C23H28ClFN2O2/c1-2-26-20(22(28)17-6-4-3-5-7-17)16-21(25)27-14-12-23(29,13-15-27)18-8-10-19(24)11-9-18/h3-11,20-21,26,29H,2,12-16H2,1H3. The lowest BCUT2D eigenvalue weighted by atomic mass is 9.84. The molecule has 1 aliphatic rings. The Morgan fingerprint density at radius 1 is 1.17 bits per heavy atom. The van der Waals surface area contributed by atoms with Gasteiger partial charge in [-0.1, -0.05) is 61.0 Å². The average molecular weight is 419 g/mol. The molecule has 6 heteroatoms. The van der Waals surface area contributed by atoms with Gasteiger partial charge in [0.1, 0.15) is 0 Å². The number of alkyl halides is 1. The SMILES string of the molecule is CCNC(CC(F)N1CCC(O)(c2ccc(Cl)cc2)CC1)C(=O)c1ccccc1. The third kappa shape index (κ3) is 5.43. The van der Waals surface area contributed by atoms with Crippen LogP contribution in [0, 0.1) is 0 Å². The second kappa shape index (κ2) is 9.81. The lowest BCUT2D eigenvalue weighted by molar-refractivity contribution is -0.0568. The van der Waals surface area contributed by atoms with Crippen LogP contribution in [0.25, 0.3) is 0 Å². The van der Waals surface area contributed by atoms with Gasteiger partial charge in [-0.3, -0.25) is 9.69 Å². The normalized spacial score (nSPS) is 18.9. The third-order valence-corrected chi connectivity index (χ3v) is 5.91. The van der Waals surface area contributed by atoms with Gasteiger partial charge in [-0.15, -0.1) is 0 Å². The van der Waals surface area contributed by atoms with E-state index in [-0.39, 0.29) is 12.2 Å². The first kappa shape index (κ1) is 21.9. The van der Waals surface area contributed by atoms with Gasteiger partial charge in [-0.05, 0) is 37.1 Å². The van der Waals surface area contributed by atoms with E-state index in [9.17, 15) is 9.90 Å². The van der Waals surface area contributed by atoms with Crippen molar-refractivity contribution in [2.45, 2.75) is 44.1 Å². The van der Waals surface area contributed by atoms with Gasteiger partial charge in [0.05, 0.1) is 11.6 Å². The second-order valence-corrected chi connectivity index (χ2v) is 8.02. The number of likely N-dealkylation sites (N-methyl/N-ethyl adjacent to an activating group) is 1. The maximum Gasteiger partial charge on any atom is 0.179 e. The fourth-order valence-electron chi connectivity index (χ4n) is 3.90. The molecule has 0 spiro atoms. The molecule has 2 aromatic rings. The molecule has 2 atom stereocenters. The Morgan fingerprint density at radius 3 is 2.38 bits per heavy atom. The molecule has 0 aliphatic carbocycles. The average Bonchev–Trinajstić information content (AvgIpc) is 2.74. The number of aliphatic hydroxyl groups is 1. The van der Waals surface area contributed by atoms with Gasteiger partial charge in [0.15, 0.2) is 12.1 Å². The van der Waals surface area contributed by atoms with Crippen molar-refractivity contribution < 1.29 is 14.3 Å². The molecule has 1 fully saturated rings. The van der Waals surface area contributed by atoms with Crippen molar-refractivity contribution in [3.05, 3.63) is 70.7 Å². The van der Waals surface area contributed by atoms with Crippen molar-refractivity contribution in [2.24, 2.45) is 0 Å². The number of nitrogens with zero attached hydrogens (tertiary/aromatic N) is 1. The van der Waals surface area contributed by atoms with E-state index in [4.69, 9.17) is 11.6 Å². The van der Waals surface area contributed by atoms with Crippen molar-refractivity contribution in [3.63, 3.8) is 0 Å². The summed E-state index contributed by atoms with van der Waals surface area (Å²) < 4.78 is 15.1. The van der Waals surface area contributed by atoms with Crippen LogP contribution < -0.4 is 5.32 Å². The quantitative estimate of drug-likeness (QED) is 0.499. The lowest BCUT2D eigenvalue weighted by Crippen LogP contribution is -2.48. The largest absolute Gasteiger partial charge is 0.385 e. The molecule has 0 saturated carbocycles. The van der Waals surface area contributed by atoms with Crippen LogP contribution in [0.5, 0.6) is 0 Å². The van der Waals surface area contributed by atoms with Crippen LogP contribution in [0.15, 0.2) is 54.6 Å². The van der Waals surface area contributed by atoms with Crippen molar-refractivity contribution >= 4 is 17.4 Å². The van der Waals surface area contributed by atoms with E-state index in [1.165, 1.54) is 0 Å². The van der Waals surface area contributed by atoms with Crippen LogP contribution in [0.2, 0.25) is 5.02 Å². The molecule has 2 N–H and O–H groups in total. The summed E-state index contributed by atoms with van der Waals surface area (Å²) >= 11 is 5.93. The first-order chi connectivity index (χ1) is 13.9. The Bertz CT molecular complexity index is 792. The molecule has 1 heterocycles. The van der Waals surface area contributed by atoms with Gasteiger partial charge in [0.2, 0.25) is 0 Å². The molecule has 1 aliphatic heterocycles. The number of benzene rings is 2. The third-order valence-electron chi connectivity index (χ3n) is 5.66. The minimum atomic E-state index is -1.25. The highest BCUT2D eigenvalue weighted by molar-refractivity contribution is 6.30. The van der Waals surface area contributed by atoms with Crippen molar-refractivity contribution in [1.82, 2.24) is 10.2 Å². The van der Waals surface area contributed by atoms with Gasteiger partial charge in [-0.25, -0.2) is 4.39 Å². The van der Waals surface area contributed by atoms with Crippen LogP contribution in [0.4, 0.5) is 4.39 Å². The number of Topliss-reactive ketones (excluding diaryl/α,β-unsaturated/α-hetero) is 1. The minimum Gasteiger partial charge on any atom is -0.385 e. The highest BCUT2D eigenvalue weighted by atomic mass is 35.5. The topological polar surface area (TPSA) is 52.6 Å². The van der Waals surface area contributed by atoms with E-state index in [1.54, 1.807) is 29.2 Å². The summed E-state index contributed by atoms with van der Waals surface area (Å²) in [5.74, 6) is -0.0928. The summed E-state index contributed by atoms with van der Waals surface area (Å²) in [4.78, 5) is 14.5. The fraction of sp³-hybridized carbons (Fsp3) is 0.435. The van der Waals surface area contributed by atoms with Crippen molar-refractivity contribution in [1.29, 1.82) is 0 Å². The Hall–Kier alpha value is -1.79. The molecule has 0 bridgehead atoms. The van der Waals surface area contributed by atoms with Crippen LogP contribution >= 0.6 is 11.6 Å². The maximum atomic E-state index is 15.1. The number of halogens is 2. The summed E-state index contributed by atoms with van der Waals surface area (Å²) in [6.45, 7) is 3.36. The summed E-state index contributed by atoms with van der Waals surface area (Å²) in [5, 5.41) is 14.7. The first-order valence-electron chi connectivity index (χ1n) is 10.1. The predicted molar refractivity (Wildman–Crippen MR) is 114 cm³/mol. The van der Waals surface area contributed by atoms with Gasteiger partial charge in [0.25, 0.3) is 0 Å². The number of nitrogens with one attached hydrogen (secondary N) is 1. The number of ketones is 1. The Balaban J connectivity index is 1.61. The zero-order valence-corrected chi connectivity index (χ0v) is 17.4. The molecule has 156 valence electrons. The zero-order valence-electron chi connectivity index (χ0n) is 16.7. The lowest BCUT2D eigenvalue weighted by Gasteiger charge is -2.40. The fourth-order valence-corrected chi connectivity index (χ4v) is 4.03. The molecule has 1 saturated heterocycles. The number of carbonyl (C=O) groups is 1. The van der Waals surface area contributed by atoms with Crippen molar-refractivity contribution in [3.8, 4) is 0 Å². The molecular formula is C23H28ClFN2O2. The summed E-state index contributed by atoms with van der Waals surface area (Å²) in [5.41, 5.74) is 0.421. The maximum absolute atomic E-state index is 15.1. The smallest absolute Gasteiger partial charge is 0.179 e. The second-order valence-electron chi connectivity index (χ2n) is 7.59. The molecule has 0 radical (unpaired) electrons. The molecule has 2 aromatic carbocycles. The van der Waals surface area contributed by atoms with E-state index in [0.717, 1.165) is 5.56 Å². The zero-order chi connectivity index (χ0) is 20.9. The molecule has 0 amide bonds. The monoisotopic (exact) mass is 418 g/mol. The highest BCUT2D eigenvalue weighted by Gasteiger charge is 2.37. The van der Waals surface area contributed by atoms with Gasteiger partial charge in [-0.2, -0.15) is 0 Å². The Morgan fingerprint density at radius 2 is 1.79 bits per heavy atom. The van der Waals surface area contributed by atoms with Crippen LogP contribution in [-0.4, -0.2) is 47.8 Å². The van der Waals surface area contributed by atoms with E-state index < -0.39 is 17.9 Å². The first-order valence-corrected chi connectivity index (χ1v) is 10.5. The number of carbonyl (C=O) groups excluding carboxylic acids is 1. The molecule has 4 nitrogen and oxygen atoms in total. The highest BCUT2D eigenvalue weighted by Crippen LogP contribution is 2.34. The Labute approximate surface area is 176 Å². The van der Waals surface area contributed by atoms with E-state index in [1.807, 2.05) is 37.3 Å². The minimum absolute atomic E-state index is 0.0843. The molecular weight excluding hydrogens is 391 g/mol. The van der Waals surface area contributed by atoms with Crippen molar-refractivity contribution in [2.75, 3.05) is 19.6 Å². The molecule has 3 rings (SSSR count). The molecule has 29 heavy (non-hydrogen) atoms. The van der Waals surface area contributed by atoms with Gasteiger partial charge < -0.3 is 10.4 Å². The van der Waals surface area contributed by atoms with Gasteiger partial charge >= 0.3 is 0 Å². The number of likely N-dealkylation sites (tertiary alicyclic amines) is 1. The summed E-state index contributed by atoms with van der Waals surface area (Å²) in [6.07, 6.45) is -0.288. The van der Waals surface area contributed by atoms with Crippen LogP contribution in [-0.2, 0) is 5.60 Å². The van der Waals surface area contributed by atoms with Crippen LogP contribution in [0.1, 0.15) is 42.1 Å². The van der Waals surface area contributed by atoms with E-state index >= 15 is 4.39 Å². The number of hydrogen-bond donors (Lipinski definition) is 2. The number of hydrogen-bond acceptors (Lipinski definition) is 4. The van der Waals surface area contributed by atoms with Crippen LogP contribution in [0.3, 0.4) is 0 Å². The van der Waals surface area contributed by atoms with Gasteiger partial charge in [0, 0.05) is 30.1 Å². The van der Waals surface area contributed by atoms with E-state index in [0.29, 0.717) is 43.1 Å². The summed E-state index contributed by atoms with van der Waals surface area (Å²) in [7, 11) is 0.